The molecule has 18 heavy (non-hydrogen) atoms. The number of anilines is 2. The van der Waals surface area contributed by atoms with Crippen LogP contribution in [0.5, 0.6) is 0 Å². The minimum Gasteiger partial charge on any atom is -0.397 e. The molecule has 1 aliphatic carbocycles. The lowest BCUT2D eigenvalue weighted by Crippen LogP contribution is -2.22. The van der Waals surface area contributed by atoms with Crippen molar-refractivity contribution in [3.8, 4) is 0 Å². The Morgan fingerprint density at radius 2 is 1.89 bits per heavy atom. The van der Waals surface area contributed by atoms with Crippen LogP contribution in [-0.2, 0) is 0 Å². The summed E-state index contributed by atoms with van der Waals surface area (Å²) in [5.41, 5.74) is 13.5. The van der Waals surface area contributed by atoms with Gasteiger partial charge in [-0.25, -0.2) is 0 Å². The Balaban J connectivity index is 1.83. The molecule has 0 aromatic heterocycles. The third-order valence-electron chi connectivity index (χ3n) is 4.38. The number of carbonyl (C=O) groups excluding carboxylic acids is 1. The number of rotatable bonds is 2. The molecule has 4 N–H and O–H groups in total. The van der Waals surface area contributed by atoms with Crippen LogP contribution in [0.4, 0.5) is 11.4 Å². The van der Waals surface area contributed by atoms with Gasteiger partial charge in [0.25, 0.3) is 0 Å². The minimum atomic E-state index is -0.424. The molecule has 0 bridgehead atoms. The normalized spacial score (nSPS) is 26.3. The van der Waals surface area contributed by atoms with Crippen LogP contribution in [0.2, 0.25) is 0 Å². The summed E-state index contributed by atoms with van der Waals surface area (Å²) in [4.78, 5) is 13.5. The van der Waals surface area contributed by atoms with Crippen LogP contribution >= 0.6 is 0 Å². The molecule has 1 aromatic carbocycles. The van der Waals surface area contributed by atoms with E-state index in [2.05, 4.69) is 4.90 Å². The fourth-order valence-corrected chi connectivity index (χ4v) is 3.43. The van der Waals surface area contributed by atoms with Gasteiger partial charge in [-0.1, -0.05) is 6.42 Å². The molecule has 1 aromatic rings. The molecule has 2 unspecified atom stereocenters. The molecule has 1 saturated carbocycles. The molecule has 1 saturated heterocycles. The van der Waals surface area contributed by atoms with E-state index in [-0.39, 0.29) is 0 Å². The van der Waals surface area contributed by atoms with Crippen molar-refractivity contribution >= 4 is 17.3 Å². The molecule has 1 heterocycles. The lowest BCUT2D eigenvalue weighted by molar-refractivity contribution is 0.100. The first-order valence-electron chi connectivity index (χ1n) is 6.59. The van der Waals surface area contributed by atoms with Gasteiger partial charge in [-0.2, -0.15) is 0 Å². The van der Waals surface area contributed by atoms with Crippen molar-refractivity contribution < 1.29 is 4.79 Å². The van der Waals surface area contributed by atoms with Crippen LogP contribution in [-0.4, -0.2) is 19.0 Å². The van der Waals surface area contributed by atoms with Crippen molar-refractivity contribution in [1.29, 1.82) is 0 Å². The second-order valence-electron chi connectivity index (χ2n) is 5.49. The quantitative estimate of drug-likeness (QED) is 0.777. The Morgan fingerprint density at radius 3 is 2.44 bits per heavy atom. The second-order valence-corrected chi connectivity index (χ2v) is 5.49. The van der Waals surface area contributed by atoms with E-state index in [0.29, 0.717) is 11.3 Å². The van der Waals surface area contributed by atoms with Gasteiger partial charge < -0.3 is 16.4 Å². The molecule has 4 heteroatoms. The van der Waals surface area contributed by atoms with Gasteiger partial charge in [0.2, 0.25) is 5.91 Å². The van der Waals surface area contributed by atoms with E-state index in [4.69, 9.17) is 11.5 Å². The Bertz CT molecular complexity index is 474. The topological polar surface area (TPSA) is 72.4 Å². The van der Waals surface area contributed by atoms with E-state index in [1.165, 1.54) is 19.3 Å². The van der Waals surface area contributed by atoms with Crippen LogP contribution in [0.1, 0.15) is 29.6 Å². The number of nitrogens with two attached hydrogens (primary N) is 2. The van der Waals surface area contributed by atoms with Crippen molar-refractivity contribution in [2.24, 2.45) is 17.6 Å². The molecule has 1 aliphatic heterocycles. The third kappa shape index (κ3) is 1.82. The number of carbonyl (C=O) groups is 1. The summed E-state index contributed by atoms with van der Waals surface area (Å²) in [6.45, 7) is 2.20. The van der Waals surface area contributed by atoms with Crippen LogP contribution < -0.4 is 16.4 Å². The van der Waals surface area contributed by atoms with Crippen molar-refractivity contribution in [2.75, 3.05) is 23.7 Å². The van der Waals surface area contributed by atoms with Crippen molar-refractivity contribution in [3.05, 3.63) is 23.8 Å². The fourth-order valence-electron chi connectivity index (χ4n) is 3.43. The van der Waals surface area contributed by atoms with Gasteiger partial charge in [0.05, 0.1) is 11.4 Å². The van der Waals surface area contributed by atoms with Crippen molar-refractivity contribution in [1.82, 2.24) is 0 Å². The summed E-state index contributed by atoms with van der Waals surface area (Å²) >= 11 is 0. The molecule has 96 valence electrons. The van der Waals surface area contributed by atoms with E-state index in [9.17, 15) is 4.79 Å². The predicted octanol–water partition coefficient (Wildman–Crippen LogP) is 1.60. The number of primary amides is 1. The molecule has 0 spiro atoms. The highest BCUT2D eigenvalue weighted by Crippen LogP contribution is 2.40. The number of hydrogen-bond donors (Lipinski definition) is 2. The Morgan fingerprint density at radius 1 is 1.22 bits per heavy atom. The summed E-state index contributed by atoms with van der Waals surface area (Å²) in [6, 6.07) is 5.38. The smallest absolute Gasteiger partial charge is 0.248 e. The molecular formula is C14H19N3O. The fraction of sp³-hybridized carbons (Fsp3) is 0.500. The zero-order chi connectivity index (χ0) is 12.7. The standard InChI is InChI=1S/C14H19N3O/c15-12-6-9(14(16)18)4-5-13(12)17-7-10-2-1-3-11(10)8-17/h4-6,10-11H,1-3,7-8,15H2,(H2,16,18). The summed E-state index contributed by atoms with van der Waals surface area (Å²) in [7, 11) is 0. The van der Waals surface area contributed by atoms with Gasteiger partial charge in [0, 0.05) is 18.7 Å². The van der Waals surface area contributed by atoms with Gasteiger partial charge in [0.1, 0.15) is 0 Å². The summed E-state index contributed by atoms with van der Waals surface area (Å²) in [5.74, 6) is 1.24. The molecule has 2 fully saturated rings. The molecule has 0 radical (unpaired) electrons. The summed E-state index contributed by atoms with van der Waals surface area (Å²) in [5, 5.41) is 0. The molecular weight excluding hydrogens is 226 g/mol. The SMILES string of the molecule is NC(=O)c1ccc(N2CC3CCCC3C2)c(N)c1. The number of amides is 1. The molecule has 1 amide bonds. The number of nitrogens with zero attached hydrogens (tertiary/aromatic N) is 1. The van der Waals surface area contributed by atoms with Gasteiger partial charge in [-0.15, -0.1) is 0 Å². The number of benzene rings is 1. The number of fused-ring (bicyclic) bond motifs is 1. The van der Waals surface area contributed by atoms with Crippen LogP contribution in [0, 0.1) is 11.8 Å². The maximum Gasteiger partial charge on any atom is 0.248 e. The van der Waals surface area contributed by atoms with E-state index in [1.54, 1.807) is 12.1 Å². The molecule has 3 rings (SSSR count). The largest absolute Gasteiger partial charge is 0.397 e. The van der Waals surface area contributed by atoms with Crippen LogP contribution in [0.3, 0.4) is 0 Å². The highest BCUT2D eigenvalue weighted by molar-refractivity contribution is 5.94. The highest BCUT2D eigenvalue weighted by Gasteiger charge is 2.36. The zero-order valence-electron chi connectivity index (χ0n) is 10.4. The van der Waals surface area contributed by atoms with E-state index >= 15 is 0 Å². The van der Waals surface area contributed by atoms with Crippen LogP contribution in [0.15, 0.2) is 18.2 Å². The van der Waals surface area contributed by atoms with Crippen molar-refractivity contribution in [3.63, 3.8) is 0 Å². The lowest BCUT2D eigenvalue weighted by atomic mass is 10.0. The van der Waals surface area contributed by atoms with Gasteiger partial charge in [-0.05, 0) is 42.9 Å². The van der Waals surface area contributed by atoms with Crippen molar-refractivity contribution in [2.45, 2.75) is 19.3 Å². The Hall–Kier alpha value is -1.71. The molecule has 4 nitrogen and oxygen atoms in total. The number of hydrogen-bond acceptors (Lipinski definition) is 3. The lowest BCUT2D eigenvalue weighted by Gasteiger charge is -2.21. The maximum absolute atomic E-state index is 11.1. The average Bonchev–Trinajstić information content (AvgIpc) is 2.88. The summed E-state index contributed by atoms with van der Waals surface area (Å²) < 4.78 is 0. The second kappa shape index (κ2) is 4.19. The summed E-state index contributed by atoms with van der Waals surface area (Å²) in [6.07, 6.45) is 4.07. The average molecular weight is 245 g/mol. The Kier molecular flexibility index (Phi) is 2.65. The first-order chi connectivity index (χ1) is 8.65. The number of nitrogen functional groups attached to an aromatic ring is 1. The highest BCUT2D eigenvalue weighted by atomic mass is 16.1. The first-order valence-corrected chi connectivity index (χ1v) is 6.59. The maximum atomic E-state index is 11.1. The van der Waals surface area contributed by atoms with Gasteiger partial charge in [0.15, 0.2) is 0 Å². The third-order valence-corrected chi connectivity index (χ3v) is 4.38. The minimum absolute atomic E-state index is 0.424. The zero-order valence-corrected chi connectivity index (χ0v) is 10.4. The van der Waals surface area contributed by atoms with Gasteiger partial charge >= 0.3 is 0 Å². The first kappa shape index (κ1) is 11.4. The van der Waals surface area contributed by atoms with Gasteiger partial charge in [-0.3, -0.25) is 4.79 Å². The van der Waals surface area contributed by atoms with E-state index in [0.717, 1.165) is 30.6 Å². The Labute approximate surface area is 107 Å². The van der Waals surface area contributed by atoms with Crippen LogP contribution in [0.25, 0.3) is 0 Å². The monoisotopic (exact) mass is 245 g/mol. The van der Waals surface area contributed by atoms with E-state index in [1.807, 2.05) is 6.07 Å². The van der Waals surface area contributed by atoms with E-state index < -0.39 is 5.91 Å². The molecule has 2 aliphatic rings. The molecule has 2 atom stereocenters. The predicted molar refractivity (Wildman–Crippen MR) is 72.4 cm³/mol.